The van der Waals surface area contributed by atoms with Crippen molar-refractivity contribution < 1.29 is 4.79 Å². The average molecular weight is 468 g/mol. The van der Waals surface area contributed by atoms with Gasteiger partial charge in [-0.3, -0.25) is 14.4 Å². The first-order valence-corrected chi connectivity index (χ1v) is 14.1. The van der Waals surface area contributed by atoms with Gasteiger partial charge in [-0.05, 0) is 50.0 Å². The van der Waals surface area contributed by atoms with E-state index in [1.54, 1.807) is 0 Å². The largest absolute Gasteiger partial charge is 0.338 e. The number of urea groups is 1. The minimum Gasteiger partial charge on any atom is -0.338 e. The molecular formula is C24H33N7OS. The standard InChI is InChI=1S/C24H33N7OS/c1-5-26-23(32)30-8-6-24(15-30)7-9-31-21(24)13-20(28-31)18-11-17-12-19(29-33(3,4)25)10-16(2)22(17)27-14-18/h11-14,16,25H,5-10,15H2,1-4H3,(H,26,32). The normalized spacial score (nSPS) is 23.9. The van der Waals surface area contributed by atoms with Crippen molar-refractivity contribution in [3.05, 3.63) is 41.0 Å². The second-order valence-corrected chi connectivity index (χ2v) is 12.7. The second-order valence-electron chi connectivity index (χ2n) is 9.98. The Morgan fingerprint density at radius 1 is 1.33 bits per heavy atom. The lowest BCUT2D eigenvalue weighted by atomic mass is 9.82. The highest BCUT2D eigenvalue weighted by molar-refractivity contribution is 7.93. The van der Waals surface area contributed by atoms with Crippen LogP contribution < -0.4 is 5.32 Å². The third-order valence-electron chi connectivity index (χ3n) is 6.99. The first kappa shape index (κ1) is 22.1. The van der Waals surface area contributed by atoms with Gasteiger partial charge in [-0.2, -0.15) is 5.10 Å². The van der Waals surface area contributed by atoms with Gasteiger partial charge in [-0.1, -0.05) is 16.5 Å². The number of fused-ring (bicyclic) bond motifs is 3. The van der Waals surface area contributed by atoms with Crippen molar-refractivity contribution in [2.24, 2.45) is 4.36 Å². The van der Waals surface area contributed by atoms with Crippen molar-refractivity contribution in [1.82, 2.24) is 25.0 Å². The molecule has 2 amide bonds. The molecule has 2 N–H and O–H groups in total. The third-order valence-corrected chi connectivity index (χ3v) is 7.68. The van der Waals surface area contributed by atoms with Gasteiger partial charge in [0.25, 0.3) is 0 Å². The zero-order valence-corrected chi connectivity index (χ0v) is 20.7. The molecule has 2 aromatic rings. The number of aromatic nitrogens is 3. The lowest BCUT2D eigenvalue weighted by molar-refractivity contribution is 0.206. The molecule has 4 heterocycles. The molecule has 9 heteroatoms. The summed E-state index contributed by atoms with van der Waals surface area (Å²) >= 11 is 0. The molecule has 0 radical (unpaired) electrons. The van der Waals surface area contributed by atoms with Gasteiger partial charge in [0.1, 0.15) is 0 Å². The SMILES string of the molecule is CCNC(=O)N1CCC2(CCn3nc(-c4cnc5c(c4)C=C(N=S(C)(C)=N)CC5C)cc32)C1. The highest BCUT2D eigenvalue weighted by Gasteiger charge is 2.46. The summed E-state index contributed by atoms with van der Waals surface area (Å²) in [6.07, 6.45) is 10.7. The van der Waals surface area contributed by atoms with Gasteiger partial charge in [0, 0.05) is 73.2 Å². The fraction of sp³-hybridized carbons (Fsp3) is 0.542. The zero-order chi connectivity index (χ0) is 23.4. The summed E-state index contributed by atoms with van der Waals surface area (Å²) in [6.45, 7) is 7.21. The molecule has 1 fully saturated rings. The van der Waals surface area contributed by atoms with Gasteiger partial charge in [-0.15, -0.1) is 0 Å². The predicted molar refractivity (Wildman–Crippen MR) is 132 cm³/mol. The Morgan fingerprint density at radius 2 is 2.12 bits per heavy atom. The number of carbonyl (C=O) groups is 1. The fourth-order valence-electron chi connectivity index (χ4n) is 5.49. The van der Waals surface area contributed by atoms with Crippen LogP contribution >= 0.6 is 0 Å². The third kappa shape index (κ3) is 4.07. The number of nitrogens with one attached hydrogen (secondary N) is 2. The van der Waals surface area contributed by atoms with Crippen LogP contribution in [-0.4, -0.2) is 57.8 Å². The number of carbonyl (C=O) groups excluding carboxylic acids is 1. The van der Waals surface area contributed by atoms with Gasteiger partial charge in [0.15, 0.2) is 0 Å². The number of allylic oxidation sites excluding steroid dienone is 1. The van der Waals surface area contributed by atoms with Crippen LogP contribution in [0.25, 0.3) is 17.3 Å². The molecule has 1 spiro atoms. The summed E-state index contributed by atoms with van der Waals surface area (Å²) in [5.74, 6) is 0.286. The maximum Gasteiger partial charge on any atom is 0.317 e. The highest BCUT2D eigenvalue weighted by atomic mass is 32.2. The Bertz CT molecular complexity index is 1260. The molecule has 8 nitrogen and oxygen atoms in total. The van der Waals surface area contributed by atoms with Gasteiger partial charge in [-0.25, -0.2) is 9.16 Å². The average Bonchev–Trinajstić information content (AvgIpc) is 3.44. The van der Waals surface area contributed by atoms with E-state index in [1.165, 1.54) is 5.69 Å². The van der Waals surface area contributed by atoms with Crippen LogP contribution in [-0.2, 0) is 21.6 Å². The molecule has 176 valence electrons. The summed E-state index contributed by atoms with van der Waals surface area (Å²) in [5.41, 5.74) is 6.35. The summed E-state index contributed by atoms with van der Waals surface area (Å²) in [4.78, 5) is 19.1. The number of nitrogens with zero attached hydrogens (tertiary/aromatic N) is 5. The van der Waals surface area contributed by atoms with Crippen LogP contribution in [0.5, 0.6) is 0 Å². The van der Waals surface area contributed by atoms with E-state index in [4.69, 9.17) is 14.9 Å². The molecule has 2 aliphatic heterocycles. The zero-order valence-electron chi connectivity index (χ0n) is 19.9. The molecule has 0 aromatic carbocycles. The molecule has 0 saturated carbocycles. The Labute approximate surface area is 196 Å². The lowest BCUT2D eigenvalue weighted by Gasteiger charge is -2.23. The topological polar surface area (TPSA) is 99.3 Å². The smallest absolute Gasteiger partial charge is 0.317 e. The van der Waals surface area contributed by atoms with Gasteiger partial charge in [0.2, 0.25) is 0 Å². The first-order valence-electron chi connectivity index (χ1n) is 11.7. The lowest BCUT2D eigenvalue weighted by Crippen LogP contribution is -2.40. The van der Waals surface area contributed by atoms with Crippen molar-refractivity contribution in [3.63, 3.8) is 0 Å². The molecule has 2 aromatic heterocycles. The Hall–Kier alpha value is -2.68. The number of hydrogen-bond acceptors (Lipinski definition) is 5. The molecule has 5 rings (SSSR count). The van der Waals surface area contributed by atoms with Crippen LogP contribution in [0.3, 0.4) is 0 Å². The fourth-order valence-corrected chi connectivity index (χ4v) is 6.20. The van der Waals surface area contributed by atoms with Gasteiger partial charge >= 0.3 is 6.03 Å². The summed E-state index contributed by atoms with van der Waals surface area (Å²) in [6, 6.07) is 4.40. The number of hydrogen-bond donors (Lipinski definition) is 2. The highest BCUT2D eigenvalue weighted by Crippen LogP contribution is 2.44. The van der Waals surface area contributed by atoms with Crippen molar-refractivity contribution in [3.8, 4) is 11.3 Å². The first-order chi connectivity index (χ1) is 15.7. The van der Waals surface area contributed by atoms with E-state index in [-0.39, 0.29) is 17.4 Å². The van der Waals surface area contributed by atoms with E-state index in [1.807, 2.05) is 30.5 Å². The summed E-state index contributed by atoms with van der Waals surface area (Å²) in [5, 5.41) is 7.85. The van der Waals surface area contributed by atoms with Crippen LogP contribution in [0, 0.1) is 4.78 Å². The Kier molecular flexibility index (Phi) is 5.34. The number of rotatable bonds is 3. The molecule has 3 aliphatic rings. The molecule has 2 atom stereocenters. The number of amides is 2. The summed E-state index contributed by atoms with van der Waals surface area (Å²) < 4.78 is 15.0. The predicted octanol–water partition coefficient (Wildman–Crippen LogP) is 4.23. The molecule has 1 aliphatic carbocycles. The Morgan fingerprint density at radius 3 is 2.88 bits per heavy atom. The molecule has 1 saturated heterocycles. The number of likely N-dealkylation sites (tertiary alicyclic amines) is 1. The monoisotopic (exact) mass is 467 g/mol. The van der Waals surface area contributed by atoms with E-state index in [2.05, 4.69) is 39.5 Å². The second kappa shape index (κ2) is 7.97. The number of pyridine rings is 1. The molecular weight excluding hydrogens is 434 g/mol. The Balaban J connectivity index is 1.46. The van der Waals surface area contributed by atoms with Crippen LogP contribution in [0.2, 0.25) is 0 Å². The number of aryl methyl sites for hydroxylation is 1. The van der Waals surface area contributed by atoms with E-state index in [0.29, 0.717) is 6.54 Å². The molecule has 2 unspecified atom stereocenters. The van der Waals surface area contributed by atoms with Crippen molar-refractivity contribution >= 4 is 21.7 Å². The van der Waals surface area contributed by atoms with Crippen LogP contribution in [0.15, 0.2) is 28.4 Å². The maximum absolute atomic E-state index is 12.4. The minimum absolute atomic E-state index is 0.000912. The molecule has 0 bridgehead atoms. The maximum atomic E-state index is 12.4. The van der Waals surface area contributed by atoms with Crippen molar-refractivity contribution in [2.45, 2.75) is 51.0 Å². The molecule has 33 heavy (non-hydrogen) atoms. The van der Waals surface area contributed by atoms with Crippen molar-refractivity contribution in [2.75, 3.05) is 32.1 Å². The van der Waals surface area contributed by atoms with Crippen LogP contribution in [0.1, 0.15) is 56.0 Å². The van der Waals surface area contributed by atoms with E-state index in [0.717, 1.165) is 67.1 Å². The van der Waals surface area contributed by atoms with E-state index >= 15 is 0 Å². The minimum atomic E-state index is -1.70. The summed E-state index contributed by atoms with van der Waals surface area (Å²) in [7, 11) is -1.70. The van der Waals surface area contributed by atoms with Crippen LogP contribution in [0.4, 0.5) is 4.79 Å². The van der Waals surface area contributed by atoms with Gasteiger partial charge in [0.05, 0.1) is 11.4 Å². The van der Waals surface area contributed by atoms with Gasteiger partial charge < -0.3 is 10.2 Å². The van der Waals surface area contributed by atoms with E-state index < -0.39 is 9.62 Å². The van der Waals surface area contributed by atoms with Crippen molar-refractivity contribution in [1.29, 1.82) is 4.78 Å². The quantitative estimate of drug-likeness (QED) is 0.706. The van der Waals surface area contributed by atoms with E-state index in [9.17, 15) is 4.79 Å².